The average Bonchev–Trinajstić information content (AvgIpc) is 2.96. The summed E-state index contributed by atoms with van der Waals surface area (Å²) < 4.78 is 26.9. The molecule has 15 heavy (non-hydrogen) atoms. The van der Waals surface area contributed by atoms with Gasteiger partial charge >= 0.3 is 0 Å². The molecule has 0 spiro atoms. The van der Waals surface area contributed by atoms with Gasteiger partial charge in [-0.05, 0) is 6.92 Å². The summed E-state index contributed by atoms with van der Waals surface area (Å²) in [4.78, 5) is 0. The van der Waals surface area contributed by atoms with Gasteiger partial charge in [0.2, 0.25) is 0 Å². The highest BCUT2D eigenvalue weighted by molar-refractivity contribution is 4.68. The molecule has 88 valence electrons. The summed E-state index contributed by atoms with van der Waals surface area (Å²) in [6, 6.07) is 0. The monoisotopic (exact) mass is 218 g/mol. The van der Waals surface area contributed by atoms with Crippen molar-refractivity contribution in [1.82, 2.24) is 0 Å². The van der Waals surface area contributed by atoms with Crippen LogP contribution in [0, 0.1) is 0 Å². The number of ether oxygens (including phenoxy) is 5. The topological polar surface area (TPSA) is 49.5 Å². The van der Waals surface area contributed by atoms with Gasteiger partial charge in [-0.15, -0.1) is 0 Å². The van der Waals surface area contributed by atoms with Crippen LogP contribution in [0.4, 0.5) is 0 Å². The van der Waals surface area contributed by atoms with Crippen molar-refractivity contribution in [2.75, 3.05) is 26.4 Å². The second kappa shape index (κ2) is 4.76. The standard InChI is InChI=1S/C10H18O5/c1-3-10(13-4-5-14-10)15-8(2)11-6-9-7-12-9/h8-9H,3-7H2,1-2H3. The minimum absolute atomic E-state index is 0.249. The molecule has 0 aromatic heterocycles. The molecule has 0 aliphatic carbocycles. The Hall–Kier alpha value is -0.200. The molecule has 0 N–H and O–H groups in total. The Balaban J connectivity index is 1.72. The zero-order chi connectivity index (χ0) is 10.7. The van der Waals surface area contributed by atoms with Crippen LogP contribution in [0.15, 0.2) is 0 Å². The Bertz CT molecular complexity index is 198. The molecule has 0 bridgehead atoms. The summed E-state index contributed by atoms with van der Waals surface area (Å²) in [6.07, 6.45) is 0.562. The molecule has 2 aliphatic heterocycles. The molecule has 2 saturated heterocycles. The Morgan fingerprint density at radius 3 is 2.60 bits per heavy atom. The van der Waals surface area contributed by atoms with Crippen molar-refractivity contribution in [2.24, 2.45) is 0 Å². The molecule has 0 saturated carbocycles. The maximum absolute atomic E-state index is 5.60. The maximum Gasteiger partial charge on any atom is 0.284 e. The highest BCUT2D eigenvalue weighted by atomic mass is 16.9. The third-order valence-corrected chi connectivity index (χ3v) is 2.43. The van der Waals surface area contributed by atoms with Gasteiger partial charge in [0.1, 0.15) is 6.10 Å². The van der Waals surface area contributed by atoms with E-state index in [1.54, 1.807) is 0 Å². The molecule has 2 rings (SSSR count). The lowest BCUT2D eigenvalue weighted by Crippen LogP contribution is -2.37. The van der Waals surface area contributed by atoms with E-state index >= 15 is 0 Å². The molecule has 0 radical (unpaired) electrons. The van der Waals surface area contributed by atoms with Crippen LogP contribution in [-0.2, 0) is 23.7 Å². The normalized spacial score (nSPS) is 30.4. The predicted octanol–water partition coefficient (Wildman–Crippen LogP) is 0.875. The van der Waals surface area contributed by atoms with Gasteiger partial charge in [0.05, 0.1) is 26.4 Å². The van der Waals surface area contributed by atoms with Gasteiger partial charge in [0, 0.05) is 6.42 Å². The van der Waals surface area contributed by atoms with E-state index < -0.39 is 5.97 Å². The van der Waals surface area contributed by atoms with Gasteiger partial charge in [0.15, 0.2) is 6.29 Å². The molecule has 0 aromatic rings. The van der Waals surface area contributed by atoms with E-state index in [9.17, 15) is 0 Å². The molecule has 5 nitrogen and oxygen atoms in total. The Morgan fingerprint density at radius 2 is 2.07 bits per heavy atom. The van der Waals surface area contributed by atoms with E-state index in [2.05, 4.69) is 0 Å². The average molecular weight is 218 g/mol. The molecule has 2 unspecified atom stereocenters. The van der Waals surface area contributed by atoms with Crippen LogP contribution in [0.5, 0.6) is 0 Å². The van der Waals surface area contributed by atoms with Gasteiger partial charge in [-0.2, -0.15) is 0 Å². The smallest absolute Gasteiger partial charge is 0.284 e. The Kier molecular flexibility index (Phi) is 3.58. The van der Waals surface area contributed by atoms with E-state index in [0.29, 0.717) is 26.2 Å². The van der Waals surface area contributed by atoms with E-state index in [4.69, 9.17) is 23.7 Å². The Morgan fingerprint density at radius 1 is 1.40 bits per heavy atom. The lowest BCUT2D eigenvalue weighted by molar-refractivity contribution is -0.378. The Labute approximate surface area is 89.6 Å². The van der Waals surface area contributed by atoms with Crippen LogP contribution < -0.4 is 0 Å². The molecular formula is C10H18O5. The molecule has 2 heterocycles. The zero-order valence-electron chi connectivity index (χ0n) is 9.23. The summed E-state index contributed by atoms with van der Waals surface area (Å²) in [5, 5.41) is 0. The number of rotatable bonds is 6. The third kappa shape index (κ3) is 3.12. The third-order valence-electron chi connectivity index (χ3n) is 2.43. The van der Waals surface area contributed by atoms with Crippen molar-refractivity contribution < 1.29 is 23.7 Å². The lowest BCUT2D eigenvalue weighted by Gasteiger charge is -2.28. The molecule has 0 amide bonds. The molecule has 2 atom stereocenters. The quantitative estimate of drug-likeness (QED) is 0.489. The first-order valence-corrected chi connectivity index (χ1v) is 5.43. The fourth-order valence-corrected chi connectivity index (χ4v) is 1.49. The minimum Gasteiger partial charge on any atom is -0.371 e. The van der Waals surface area contributed by atoms with Crippen molar-refractivity contribution >= 4 is 0 Å². The van der Waals surface area contributed by atoms with Crippen LogP contribution in [0.3, 0.4) is 0 Å². The van der Waals surface area contributed by atoms with Gasteiger partial charge in [-0.1, -0.05) is 6.92 Å². The summed E-state index contributed by atoms with van der Waals surface area (Å²) in [5.41, 5.74) is 0. The van der Waals surface area contributed by atoms with Gasteiger partial charge in [-0.25, -0.2) is 0 Å². The maximum atomic E-state index is 5.60. The fraction of sp³-hybridized carbons (Fsp3) is 1.00. The van der Waals surface area contributed by atoms with Crippen LogP contribution in [0.2, 0.25) is 0 Å². The van der Waals surface area contributed by atoms with Crippen LogP contribution >= 0.6 is 0 Å². The van der Waals surface area contributed by atoms with Gasteiger partial charge in [0.25, 0.3) is 5.97 Å². The van der Waals surface area contributed by atoms with Crippen molar-refractivity contribution in [3.63, 3.8) is 0 Å². The van der Waals surface area contributed by atoms with Crippen molar-refractivity contribution in [3.05, 3.63) is 0 Å². The molecule has 2 fully saturated rings. The highest BCUT2D eigenvalue weighted by Gasteiger charge is 2.38. The van der Waals surface area contributed by atoms with Crippen molar-refractivity contribution in [1.29, 1.82) is 0 Å². The van der Waals surface area contributed by atoms with E-state index in [0.717, 1.165) is 6.61 Å². The molecule has 2 aliphatic rings. The zero-order valence-corrected chi connectivity index (χ0v) is 9.23. The SMILES string of the molecule is CCC1(OC(C)OCC2CO2)OCCO1. The first-order valence-electron chi connectivity index (χ1n) is 5.43. The van der Waals surface area contributed by atoms with Crippen LogP contribution in [0.1, 0.15) is 20.3 Å². The van der Waals surface area contributed by atoms with Crippen molar-refractivity contribution in [2.45, 2.75) is 38.6 Å². The minimum atomic E-state index is -0.899. The number of epoxide rings is 1. The molecule has 5 heteroatoms. The summed E-state index contributed by atoms with van der Waals surface area (Å²) in [6.45, 7) is 6.31. The van der Waals surface area contributed by atoms with E-state index in [1.807, 2.05) is 13.8 Å². The van der Waals surface area contributed by atoms with Crippen molar-refractivity contribution in [3.8, 4) is 0 Å². The molecule has 0 aromatic carbocycles. The van der Waals surface area contributed by atoms with Crippen LogP contribution in [0.25, 0.3) is 0 Å². The largest absolute Gasteiger partial charge is 0.371 e. The number of hydrogen-bond acceptors (Lipinski definition) is 5. The summed E-state index contributed by atoms with van der Waals surface area (Å²) >= 11 is 0. The predicted molar refractivity (Wildman–Crippen MR) is 51.2 cm³/mol. The summed E-state index contributed by atoms with van der Waals surface area (Å²) in [5.74, 6) is -0.899. The second-order valence-electron chi connectivity index (χ2n) is 3.71. The van der Waals surface area contributed by atoms with E-state index in [1.165, 1.54) is 0 Å². The lowest BCUT2D eigenvalue weighted by atomic mass is 10.4. The second-order valence-corrected chi connectivity index (χ2v) is 3.71. The van der Waals surface area contributed by atoms with Crippen LogP contribution in [-0.4, -0.2) is 44.8 Å². The summed E-state index contributed by atoms with van der Waals surface area (Å²) in [7, 11) is 0. The molecular weight excluding hydrogens is 200 g/mol. The first kappa shape index (κ1) is 11.3. The van der Waals surface area contributed by atoms with Gasteiger partial charge in [-0.3, -0.25) is 4.74 Å². The number of hydrogen-bond donors (Lipinski definition) is 0. The highest BCUT2D eigenvalue weighted by Crippen LogP contribution is 2.26. The van der Waals surface area contributed by atoms with E-state index in [-0.39, 0.29) is 12.4 Å². The fourth-order valence-electron chi connectivity index (χ4n) is 1.49. The van der Waals surface area contributed by atoms with Gasteiger partial charge < -0.3 is 18.9 Å². The first-order chi connectivity index (χ1) is 7.24.